The van der Waals surface area contributed by atoms with Crippen LogP contribution in [0.4, 0.5) is 0 Å². The molecule has 0 radical (unpaired) electrons. The number of nitrogens with zero attached hydrogens (tertiary/aromatic N) is 1. The summed E-state index contributed by atoms with van der Waals surface area (Å²) in [7, 11) is 0. The van der Waals surface area contributed by atoms with E-state index in [1.165, 1.54) is 12.2 Å². The van der Waals surface area contributed by atoms with Gasteiger partial charge in [0.1, 0.15) is 5.76 Å². The van der Waals surface area contributed by atoms with Crippen LogP contribution >= 0.6 is 12.6 Å². The summed E-state index contributed by atoms with van der Waals surface area (Å²) in [4.78, 5) is 0.268. The van der Waals surface area contributed by atoms with Crippen LogP contribution < -0.4 is 10.4 Å². The Bertz CT molecular complexity index is 768. The standard InChI is InChI=1S/C13H8NO3S/c15-13-9-2-1-3-11(18)12(9)8-5-4-7(14(16)17)6-10(8)13/h1-6H,(H2-,15,16,17,18)/q-1. The number of thiol groups is 1. The predicted octanol–water partition coefficient (Wildman–Crippen LogP) is 0.751. The molecule has 5 heteroatoms. The fourth-order valence-electron chi connectivity index (χ4n) is 2.23. The van der Waals surface area contributed by atoms with E-state index >= 15 is 0 Å². The van der Waals surface area contributed by atoms with Crippen LogP contribution in [-0.2, 0) is 0 Å². The fourth-order valence-corrected chi connectivity index (χ4v) is 2.55. The average Bonchev–Trinajstić information content (AvgIpc) is 2.64. The van der Waals surface area contributed by atoms with Crippen molar-refractivity contribution in [3.05, 3.63) is 62.9 Å². The Morgan fingerprint density at radius 1 is 1.17 bits per heavy atom. The van der Waals surface area contributed by atoms with Crippen LogP contribution in [0.1, 0.15) is 0 Å². The second-order valence-corrected chi connectivity index (χ2v) is 4.52. The van der Waals surface area contributed by atoms with E-state index in [1.807, 2.05) is 6.07 Å². The Labute approximate surface area is 108 Å². The van der Waals surface area contributed by atoms with Crippen LogP contribution in [0.2, 0.25) is 0 Å². The molecule has 3 rings (SSSR count). The lowest BCUT2D eigenvalue weighted by atomic mass is 9.99. The number of benzene rings is 1. The maximum atomic E-state index is 10.7. The van der Waals surface area contributed by atoms with Crippen LogP contribution in [0.25, 0.3) is 11.3 Å². The largest absolute Gasteiger partial charge is 0.612 e. The number of aliphatic hydroxyl groups is 1. The quantitative estimate of drug-likeness (QED) is 0.410. The molecule has 2 aliphatic rings. The van der Waals surface area contributed by atoms with Crippen molar-refractivity contribution >= 4 is 29.7 Å². The summed E-state index contributed by atoms with van der Waals surface area (Å²) in [6.07, 6.45) is 4.47. The molecule has 0 fully saturated rings. The maximum Gasteiger partial charge on any atom is 0.223 e. The first-order chi connectivity index (χ1) is 8.59. The van der Waals surface area contributed by atoms with Gasteiger partial charge in [0.15, 0.2) is 0 Å². The number of hydrogen-bond donors (Lipinski definition) is 2. The molecule has 2 aliphatic carbocycles. The zero-order valence-corrected chi connectivity index (χ0v) is 10.0. The van der Waals surface area contributed by atoms with E-state index in [0.717, 1.165) is 15.7 Å². The smallest absolute Gasteiger partial charge is 0.223 e. The Hall–Kier alpha value is -2.14. The second kappa shape index (κ2) is 3.68. The van der Waals surface area contributed by atoms with E-state index in [-0.39, 0.29) is 11.5 Å². The molecule has 0 saturated carbocycles. The summed E-state index contributed by atoms with van der Waals surface area (Å²) in [6.45, 7) is 0. The Morgan fingerprint density at radius 2 is 1.94 bits per heavy atom. The highest BCUT2D eigenvalue weighted by molar-refractivity contribution is 7.80. The number of rotatable bonds is 0. The van der Waals surface area contributed by atoms with E-state index in [4.69, 9.17) is 0 Å². The van der Waals surface area contributed by atoms with Gasteiger partial charge in [-0.2, -0.15) is 4.90 Å². The highest BCUT2D eigenvalue weighted by atomic mass is 32.1. The van der Waals surface area contributed by atoms with Crippen LogP contribution in [0.3, 0.4) is 0 Å². The number of aliphatic hydroxyl groups excluding tert-OH is 1. The summed E-state index contributed by atoms with van der Waals surface area (Å²) in [5, 5.41) is 33.1. The summed E-state index contributed by atoms with van der Waals surface area (Å²) < 4.78 is 0. The van der Waals surface area contributed by atoms with Crippen molar-refractivity contribution in [2.45, 2.75) is 4.90 Å². The molecule has 1 aromatic carbocycles. The highest BCUT2D eigenvalue weighted by Crippen LogP contribution is 2.26. The molecule has 18 heavy (non-hydrogen) atoms. The van der Waals surface area contributed by atoms with Crippen LogP contribution in [0.15, 0.2) is 46.9 Å². The molecule has 0 heterocycles. The van der Waals surface area contributed by atoms with Crippen molar-refractivity contribution in [1.82, 2.24) is 0 Å². The van der Waals surface area contributed by atoms with Crippen molar-refractivity contribution in [1.29, 1.82) is 0 Å². The van der Waals surface area contributed by atoms with E-state index in [1.54, 1.807) is 18.2 Å². The minimum Gasteiger partial charge on any atom is -0.612 e. The Balaban J connectivity index is 2.44. The van der Waals surface area contributed by atoms with Crippen molar-refractivity contribution in [3.63, 3.8) is 0 Å². The summed E-state index contributed by atoms with van der Waals surface area (Å²) >= 11 is 4.36. The Morgan fingerprint density at radius 3 is 2.67 bits per heavy atom. The van der Waals surface area contributed by atoms with Crippen molar-refractivity contribution in [2.75, 3.05) is 0 Å². The normalized spacial score (nSPS) is 16.5. The molecule has 90 valence electrons. The molecule has 0 saturated heterocycles. The van der Waals surface area contributed by atoms with E-state index in [2.05, 4.69) is 12.6 Å². The highest BCUT2D eigenvalue weighted by Gasteiger charge is 2.23. The third-order valence-electron chi connectivity index (χ3n) is 3.04. The minimum atomic E-state index is -0.474. The van der Waals surface area contributed by atoms with E-state index < -0.39 is 4.90 Å². The third-order valence-corrected chi connectivity index (χ3v) is 3.41. The summed E-state index contributed by atoms with van der Waals surface area (Å²) in [5.41, 5.74) is 1.23. The monoisotopic (exact) mass is 258 g/mol. The predicted molar refractivity (Wildman–Crippen MR) is 71.6 cm³/mol. The van der Waals surface area contributed by atoms with Gasteiger partial charge in [0.2, 0.25) is 5.71 Å². The molecular weight excluding hydrogens is 250 g/mol. The first kappa shape index (κ1) is 11.0. The number of fused-ring (bicyclic) bond motifs is 2. The van der Waals surface area contributed by atoms with Crippen molar-refractivity contribution < 1.29 is 10.0 Å². The van der Waals surface area contributed by atoms with Gasteiger partial charge in [-0.1, -0.05) is 12.1 Å². The van der Waals surface area contributed by atoms with Gasteiger partial charge in [0.25, 0.3) is 0 Å². The van der Waals surface area contributed by atoms with E-state index in [9.17, 15) is 15.5 Å². The Kier molecular flexibility index (Phi) is 2.24. The lowest BCUT2D eigenvalue weighted by Gasteiger charge is -2.11. The molecule has 0 aromatic heterocycles. The van der Waals surface area contributed by atoms with E-state index in [0.29, 0.717) is 10.8 Å². The van der Waals surface area contributed by atoms with Gasteiger partial charge in [-0.25, -0.2) is 0 Å². The summed E-state index contributed by atoms with van der Waals surface area (Å²) in [6, 6.07) is 5.39. The molecule has 0 spiro atoms. The summed E-state index contributed by atoms with van der Waals surface area (Å²) in [5.74, 6) is 0.0691. The maximum absolute atomic E-state index is 10.7. The number of hydrogen-bond acceptors (Lipinski definition) is 4. The average molecular weight is 258 g/mol. The minimum absolute atomic E-state index is 0.0335. The zero-order valence-electron chi connectivity index (χ0n) is 9.12. The van der Waals surface area contributed by atoms with Gasteiger partial charge in [0, 0.05) is 33.1 Å². The SMILES string of the molecule is [O-][N+]([O-])=C1C=CC2=c3c(S)cccc3=C(O)C2=C1. The molecule has 0 bridgehead atoms. The topological polar surface area (TPSA) is 69.4 Å². The van der Waals surface area contributed by atoms with Gasteiger partial charge in [-0.15, -0.1) is 12.6 Å². The van der Waals surface area contributed by atoms with Crippen molar-refractivity contribution in [3.8, 4) is 0 Å². The molecule has 1 N–H and O–H groups in total. The van der Waals surface area contributed by atoms with Gasteiger partial charge in [-0.3, -0.25) is 0 Å². The van der Waals surface area contributed by atoms with Gasteiger partial charge < -0.3 is 15.5 Å². The molecule has 1 aromatic rings. The van der Waals surface area contributed by atoms with Crippen molar-refractivity contribution in [2.24, 2.45) is 0 Å². The molecule has 0 unspecified atom stereocenters. The fraction of sp³-hybridized carbons (Fsp3) is 0. The van der Waals surface area contributed by atoms with Gasteiger partial charge in [-0.05, 0) is 17.7 Å². The molecule has 0 amide bonds. The zero-order chi connectivity index (χ0) is 12.9. The second-order valence-electron chi connectivity index (χ2n) is 4.04. The molecule has 4 nitrogen and oxygen atoms in total. The van der Waals surface area contributed by atoms with Gasteiger partial charge >= 0.3 is 0 Å². The number of allylic oxidation sites excluding steroid dienone is 3. The molecule has 0 atom stereocenters. The third kappa shape index (κ3) is 1.37. The van der Waals surface area contributed by atoms with Crippen LogP contribution in [0.5, 0.6) is 0 Å². The van der Waals surface area contributed by atoms with Crippen LogP contribution in [-0.4, -0.2) is 15.7 Å². The first-order valence-electron chi connectivity index (χ1n) is 5.27. The molecule has 0 aliphatic heterocycles. The molecular formula is C13H8NO3S-. The lowest BCUT2D eigenvalue weighted by molar-refractivity contribution is -0.377. The van der Waals surface area contributed by atoms with Crippen LogP contribution in [0, 0.1) is 10.4 Å². The van der Waals surface area contributed by atoms with Gasteiger partial charge in [0.05, 0.1) is 0 Å². The lowest BCUT2D eigenvalue weighted by Crippen LogP contribution is -2.25. The first-order valence-corrected chi connectivity index (χ1v) is 5.72.